The second-order valence-corrected chi connectivity index (χ2v) is 12.3. The number of carbonyl (C=O) groups excluding carboxylic acids is 3. The van der Waals surface area contributed by atoms with Gasteiger partial charge in [0.15, 0.2) is 0 Å². The summed E-state index contributed by atoms with van der Waals surface area (Å²) in [5, 5.41) is 12.5. The van der Waals surface area contributed by atoms with Crippen LogP contribution in [0.25, 0.3) is 0 Å². The van der Waals surface area contributed by atoms with Gasteiger partial charge in [0, 0.05) is 30.9 Å². The molecule has 1 N–H and O–H groups in total. The number of likely N-dealkylation sites (tertiary alicyclic amines) is 1. The van der Waals surface area contributed by atoms with E-state index in [-0.39, 0.29) is 36.2 Å². The van der Waals surface area contributed by atoms with Crippen LogP contribution in [0.3, 0.4) is 0 Å². The summed E-state index contributed by atoms with van der Waals surface area (Å²) in [6, 6.07) is 7.57. The molecule has 2 fully saturated rings. The van der Waals surface area contributed by atoms with Crippen molar-refractivity contribution in [1.82, 2.24) is 10.2 Å². The molecule has 1 aromatic carbocycles. The van der Waals surface area contributed by atoms with Gasteiger partial charge >= 0.3 is 11.9 Å². The predicted octanol–water partition coefficient (Wildman–Crippen LogP) is 2.45. The van der Waals surface area contributed by atoms with Gasteiger partial charge in [-0.3, -0.25) is 14.9 Å². The summed E-state index contributed by atoms with van der Waals surface area (Å²) in [5.41, 5.74) is 1.07. The minimum atomic E-state index is -0.894. The lowest BCUT2D eigenvalue weighted by molar-refractivity contribution is -0.757. The highest BCUT2D eigenvalue weighted by atomic mass is 32.2. The highest BCUT2D eigenvalue weighted by molar-refractivity contribution is 8.21. The molecular formula is C25H35N3O8S2. The average molecular weight is 570 g/mol. The fourth-order valence-electron chi connectivity index (χ4n) is 4.54. The van der Waals surface area contributed by atoms with E-state index in [4.69, 9.17) is 9.47 Å². The Morgan fingerprint density at radius 1 is 1.18 bits per heavy atom. The largest absolute Gasteiger partial charge is 0.465 e. The summed E-state index contributed by atoms with van der Waals surface area (Å²) in [6.07, 6.45) is 1.71. The van der Waals surface area contributed by atoms with Crippen LogP contribution < -0.4 is 5.32 Å². The van der Waals surface area contributed by atoms with Crippen molar-refractivity contribution in [2.24, 2.45) is 0 Å². The summed E-state index contributed by atoms with van der Waals surface area (Å²) in [6.45, 7) is 3.83. The highest BCUT2D eigenvalue weighted by Gasteiger charge is 2.52. The molecule has 0 aromatic heterocycles. The number of ether oxygens (including phenoxy) is 2. The molecule has 2 aliphatic rings. The number of thioether (sulfide) groups is 2. The zero-order valence-corrected chi connectivity index (χ0v) is 23.3. The Labute approximate surface area is 230 Å². The van der Waals surface area contributed by atoms with Crippen molar-refractivity contribution >= 4 is 41.4 Å². The van der Waals surface area contributed by atoms with Gasteiger partial charge < -0.3 is 19.2 Å². The maximum Gasteiger partial charge on any atom is 0.328 e. The molecule has 0 saturated carbocycles. The minimum Gasteiger partial charge on any atom is -0.465 e. The fourth-order valence-corrected chi connectivity index (χ4v) is 7.80. The number of carbonyl (C=O) groups is 3. The maximum atomic E-state index is 13.6. The summed E-state index contributed by atoms with van der Waals surface area (Å²) in [4.78, 5) is 55.4. The molecular weight excluding hydrogens is 534 g/mol. The molecule has 1 spiro atoms. The van der Waals surface area contributed by atoms with Crippen molar-refractivity contribution in [2.75, 3.05) is 37.9 Å². The Balaban J connectivity index is 1.65. The van der Waals surface area contributed by atoms with Gasteiger partial charge in [0.2, 0.25) is 5.91 Å². The zero-order valence-electron chi connectivity index (χ0n) is 21.7. The van der Waals surface area contributed by atoms with Crippen LogP contribution in [0.4, 0.5) is 0 Å². The van der Waals surface area contributed by atoms with Gasteiger partial charge in [-0.2, -0.15) is 0 Å². The summed E-state index contributed by atoms with van der Waals surface area (Å²) in [5.74, 6) is 0.622. The molecule has 11 nitrogen and oxygen atoms in total. The van der Waals surface area contributed by atoms with Crippen molar-refractivity contribution in [3.05, 3.63) is 46.0 Å². The molecule has 0 aliphatic carbocycles. The third kappa shape index (κ3) is 8.50. The molecule has 210 valence electrons. The molecule has 3 rings (SSSR count). The fraction of sp³-hybridized carbons (Fsp3) is 0.640. The van der Waals surface area contributed by atoms with E-state index in [1.807, 2.05) is 30.3 Å². The smallest absolute Gasteiger partial charge is 0.328 e. The van der Waals surface area contributed by atoms with Crippen LogP contribution in [0, 0.1) is 10.1 Å². The third-order valence-corrected chi connectivity index (χ3v) is 9.77. The van der Waals surface area contributed by atoms with Crippen molar-refractivity contribution in [3.63, 3.8) is 0 Å². The van der Waals surface area contributed by atoms with E-state index in [0.29, 0.717) is 25.8 Å². The van der Waals surface area contributed by atoms with E-state index < -0.39 is 35.2 Å². The highest BCUT2D eigenvalue weighted by Crippen LogP contribution is 2.52. The quantitative estimate of drug-likeness (QED) is 0.153. The van der Waals surface area contributed by atoms with Crippen molar-refractivity contribution in [2.45, 2.75) is 61.7 Å². The summed E-state index contributed by atoms with van der Waals surface area (Å²) < 4.78 is 10.3. The average Bonchev–Trinajstić information content (AvgIpc) is 3.52. The number of rotatable bonds is 14. The predicted molar refractivity (Wildman–Crippen MR) is 144 cm³/mol. The van der Waals surface area contributed by atoms with Gasteiger partial charge in [0.05, 0.1) is 29.9 Å². The molecule has 2 saturated heterocycles. The van der Waals surface area contributed by atoms with E-state index in [2.05, 4.69) is 10.2 Å². The van der Waals surface area contributed by atoms with Crippen LogP contribution in [-0.4, -0.2) is 87.9 Å². The van der Waals surface area contributed by atoms with Crippen LogP contribution in [0.2, 0.25) is 0 Å². The molecule has 2 heterocycles. The first-order valence-corrected chi connectivity index (χ1v) is 14.7. The monoisotopic (exact) mass is 569 g/mol. The summed E-state index contributed by atoms with van der Waals surface area (Å²) >= 11 is 3.49. The number of nitrogens with zero attached hydrogens (tertiary/aromatic N) is 2. The van der Waals surface area contributed by atoms with E-state index in [9.17, 15) is 24.5 Å². The number of nitrogens with one attached hydrogen (secondary N) is 1. The van der Waals surface area contributed by atoms with Crippen molar-refractivity contribution in [1.29, 1.82) is 0 Å². The number of aryl methyl sites for hydroxylation is 1. The number of hydrogen-bond acceptors (Lipinski definition) is 11. The maximum absolute atomic E-state index is 13.6. The Kier molecular flexibility index (Phi) is 11.5. The lowest BCUT2D eigenvalue weighted by atomic mass is 10.0. The third-order valence-electron chi connectivity index (χ3n) is 6.35. The Morgan fingerprint density at radius 2 is 1.89 bits per heavy atom. The lowest BCUT2D eigenvalue weighted by Gasteiger charge is -2.29. The topological polar surface area (TPSA) is 137 Å². The number of esters is 2. The standard InChI is InChI=1S/C25H35N3O8S2/c1-3-34-23(30)20(11-10-19-8-5-4-6-9-19)26-18(2)22(29)27-17-25(37-14-15-38-25)16-21(27)24(31)35-12-7-13-36-28(32)33/h4-6,8-9,18,20-21,26H,3,7,10-17H2,1-2H3. The minimum absolute atomic E-state index is 0.0449. The van der Waals surface area contributed by atoms with Crippen molar-refractivity contribution < 1.29 is 33.8 Å². The molecule has 2 aliphatic heterocycles. The first-order chi connectivity index (χ1) is 18.2. The van der Waals surface area contributed by atoms with Gasteiger partial charge in [-0.05, 0) is 32.3 Å². The van der Waals surface area contributed by atoms with Gasteiger partial charge in [-0.1, -0.05) is 30.3 Å². The van der Waals surface area contributed by atoms with E-state index in [1.165, 1.54) is 0 Å². The Morgan fingerprint density at radius 3 is 2.55 bits per heavy atom. The van der Waals surface area contributed by atoms with E-state index in [1.54, 1.807) is 42.3 Å². The molecule has 3 unspecified atom stereocenters. The van der Waals surface area contributed by atoms with Gasteiger partial charge in [-0.25, -0.2) is 4.79 Å². The molecule has 1 aromatic rings. The molecule has 0 radical (unpaired) electrons. The SMILES string of the molecule is CCOC(=O)C(CCc1ccccc1)NC(C)C(=O)N1CC2(CC1C(=O)OCCCO[N+](=O)[O-])SCCS2. The molecule has 38 heavy (non-hydrogen) atoms. The summed E-state index contributed by atoms with van der Waals surface area (Å²) in [7, 11) is 0. The Bertz CT molecular complexity index is 961. The van der Waals surface area contributed by atoms with Crippen LogP contribution in [0.1, 0.15) is 38.7 Å². The normalized spacial score (nSPS) is 19.6. The molecule has 0 bridgehead atoms. The first kappa shape index (κ1) is 30.0. The van der Waals surface area contributed by atoms with Gasteiger partial charge in [0.1, 0.15) is 12.1 Å². The molecule has 13 heteroatoms. The Hall–Kier alpha value is -2.51. The number of hydrogen-bond donors (Lipinski definition) is 1. The van der Waals surface area contributed by atoms with Crippen LogP contribution >= 0.6 is 23.5 Å². The van der Waals surface area contributed by atoms with Gasteiger partial charge in [-0.15, -0.1) is 33.6 Å². The van der Waals surface area contributed by atoms with Crippen LogP contribution in [0.15, 0.2) is 30.3 Å². The van der Waals surface area contributed by atoms with E-state index >= 15 is 0 Å². The zero-order chi connectivity index (χ0) is 27.5. The second kappa shape index (κ2) is 14.6. The lowest BCUT2D eigenvalue weighted by Crippen LogP contribution is -2.53. The molecule has 3 atom stereocenters. The van der Waals surface area contributed by atoms with Crippen LogP contribution in [0.5, 0.6) is 0 Å². The number of amides is 1. The van der Waals surface area contributed by atoms with Crippen molar-refractivity contribution in [3.8, 4) is 0 Å². The van der Waals surface area contributed by atoms with Crippen LogP contribution in [-0.2, 0) is 35.1 Å². The first-order valence-electron chi connectivity index (χ1n) is 12.7. The molecule has 1 amide bonds. The second-order valence-electron chi connectivity index (χ2n) is 9.09. The van der Waals surface area contributed by atoms with E-state index in [0.717, 1.165) is 17.1 Å². The van der Waals surface area contributed by atoms with Gasteiger partial charge in [0.25, 0.3) is 5.09 Å². The number of benzene rings is 1.